The molecule has 0 bridgehead atoms. The number of halogens is 1. The molecule has 1 aromatic heterocycles. The third kappa shape index (κ3) is 3.48. The summed E-state index contributed by atoms with van der Waals surface area (Å²) in [5.74, 6) is -0.108. The van der Waals surface area contributed by atoms with Gasteiger partial charge in [-0.05, 0) is 26.3 Å². The highest BCUT2D eigenvalue weighted by atomic mass is 35.5. The van der Waals surface area contributed by atoms with Crippen molar-refractivity contribution in [2.24, 2.45) is 0 Å². The topological polar surface area (TPSA) is 111 Å². The fourth-order valence-corrected chi connectivity index (χ4v) is 3.42. The van der Waals surface area contributed by atoms with Gasteiger partial charge in [-0.15, -0.1) is 11.6 Å². The third-order valence-corrected chi connectivity index (χ3v) is 4.61. The molecule has 0 amide bonds. The lowest BCUT2D eigenvalue weighted by Crippen LogP contribution is -2.27. The van der Waals surface area contributed by atoms with Gasteiger partial charge in [-0.1, -0.05) is 17.3 Å². The van der Waals surface area contributed by atoms with Gasteiger partial charge in [0.25, 0.3) is 11.6 Å². The number of carbonyl (C=O) groups excluding carboxylic acids is 1. The van der Waals surface area contributed by atoms with E-state index in [1.54, 1.807) is 19.1 Å². The molecule has 0 aliphatic carbocycles. The van der Waals surface area contributed by atoms with E-state index in [2.05, 4.69) is 15.5 Å². The van der Waals surface area contributed by atoms with Crippen LogP contribution in [0.25, 0.3) is 5.57 Å². The average molecular weight is 389 g/mol. The number of Topliss-reactive ketones (excluding diaryl/α,β-unsaturated/α-hetero) is 1. The van der Waals surface area contributed by atoms with Gasteiger partial charge in [-0.25, -0.2) is 0 Å². The van der Waals surface area contributed by atoms with Crippen molar-refractivity contribution >= 4 is 28.6 Å². The molecule has 0 radical (unpaired) electrons. The molecule has 0 fully saturated rings. The Balaban J connectivity index is 2.23. The van der Waals surface area contributed by atoms with Gasteiger partial charge in [-0.3, -0.25) is 14.9 Å². The second-order valence-electron chi connectivity index (χ2n) is 6.19. The first kappa shape index (κ1) is 18.8. The number of aromatic nitrogens is 2. The summed E-state index contributed by atoms with van der Waals surface area (Å²) in [5.41, 5.74) is 3.01. The van der Waals surface area contributed by atoms with Crippen molar-refractivity contribution in [3.8, 4) is 0 Å². The summed E-state index contributed by atoms with van der Waals surface area (Å²) in [4.78, 5) is 27.4. The number of hydrogen-bond donors (Lipinski definition) is 1. The maximum atomic E-state index is 12.4. The first-order chi connectivity index (χ1) is 12.8. The van der Waals surface area contributed by atoms with Crippen LogP contribution in [-0.4, -0.2) is 20.8 Å². The Morgan fingerprint density at radius 2 is 2.11 bits per heavy atom. The van der Waals surface area contributed by atoms with Gasteiger partial charge in [0, 0.05) is 40.6 Å². The number of allylic oxidation sites excluding steroid dienone is 4. The lowest BCUT2D eigenvalue weighted by molar-refractivity contribution is -0.384. The van der Waals surface area contributed by atoms with Gasteiger partial charge in [-0.2, -0.15) is 4.98 Å². The minimum Gasteiger partial charge on any atom is -0.362 e. The Bertz CT molecular complexity index is 993. The zero-order chi connectivity index (χ0) is 19.7. The van der Waals surface area contributed by atoms with Gasteiger partial charge >= 0.3 is 0 Å². The van der Waals surface area contributed by atoms with E-state index >= 15 is 0 Å². The predicted molar refractivity (Wildman–Crippen MR) is 98.8 cm³/mol. The largest absolute Gasteiger partial charge is 0.362 e. The molecule has 1 aliphatic heterocycles. The predicted octanol–water partition coefficient (Wildman–Crippen LogP) is 3.70. The highest BCUT2D eigenvalue weighted by Gasteiger charge is 2.35. The number of nitrogens with zero attached hydrogens (tertiary/aromatic N) is 3. The Labute approximate surface area is 160 Å². The van der Waals surface area contributed by atoms with Crippen LogP contribution in [0, 0.1) is 10.1 Å². The molecule has 0 spiro atoms. The van der Waals surface area contributed by atoms with E-state index in [1.165, 1.54) is 19.1 Å². The highest BCUT2D eigenvalue weighted by molar-refractivity contribution is 6.16. The lowest BCUT2D eigenvalue weighted by atomic mass is 9.79. The van der Waals surface area contributed by atoms with E-state index in [9.17, 15) is 14.9 Å². The molecule has 2 aromatic rings. The van der Waals surface area contributed by atoms with Crippen LogP contribution in [0.4, 0.5) is 5.69 Å². The number of dihydropyridines is 1. The quantitative estimate of drug-likeness (QED) is 0.472. The average Bonchev–Trinajstić information content (AvgIpc) is 3.09. The van der Waals surface area contributed by atoms with Crippen molar-refractivity contribution in [2.45, 2.75) is 32.6 Å². The second kappa shape index (κ2) is 7.32. The van der Waals surface area contributed by atoms with Gasteiger partial charge < -0.3 is 9.84 Å². The normalized spacial score (nSPS) is 17.1. The molecule has 27 heavy (non-hydrogen) atoms. The minimum atomic E-state index is -0.577. The van der Waals surface area contributed by atoms with Crippen LogP contribution in [-0.2, 0) is 10.7 Å². The Hall–Kier alpha value is -3.00. The fourth-order valence-electron chi connectivity index (χ4n) is 3.31. The Kier molecular flexibility index (Phi) is 5.09. The summed E-state index contributed by atoms with van der Waals surface area (Å²) in [6, 6.07) is 6.19. The number of nitro benzene ring substituents is 1. The maximum Gasteiger partial charge on any atom is 0.269 e. The number of non-ortho nitro benzene ring substituents is 1. The summed E-state index contributed by atoms with van der Waals surface area (Å²) >= 11 is 5.77. The summed E-state index contributed by atoms with van der Waals surface area (Å²) in [6.07, 6.45) is 0. The molecule has 1 aliphatic rings. The van der Waals surface area contributed by atoms with Gasteiger partial charge in [0.05, 0.1) is 10.8 Å². The molecule has 1 atom stereocenters. The summed E-state index contributed by atoms with van der Waals surface area (Å²) < 4.78 is 5.35. The second-order valence-corrected chi connectivity index (χ2v) is 6.46. The van der Waals surface area contributed by atoms with Crippen LogP contribution in [0.2, 0.25) is 0 Å². The van der Waals surface area contributed by atoms with Crippen molar-refractivity contribution < 1.29 is 14.2 Å². The molecular formula is C18H17ClN4O4. The monoisotopic (exact) mass is 388 g/mol. The van der Waals surface area contributed by atoms with E-state index in [-0.39, 0.29) is 23.2 Å². The van der Waals surface area contributed by atoms with Gasteiger partial charge in [0.2, 0.25) is 0 Å². The van der Waals surface area contributed by atoms with Crippen molar-refractivity contribution in [2.75, 3.05) is 0 Å². The van der Waals surface area contributed by atoms with Crippen molar-refractivity contribution in [1.29, 1.82) is 0 Å². The number of alkyl halides is 1. The van der Waals surface area contributed by atoms with Crippen LogP contribution in [0.15, 0.2) is 45.8 Å². The van der Waals surface area contributed by atoms with Gasteiger partial charge in [0.1, 0.15) is 0 Å². The molecule has 1 aromatic carbocycles. The molecule has 3 rings (SSSR count). The SMILES string of the molecule is CC(=O)C1=C(C)NC(C)=C(c2nc(CCl)no2)C1c1cccc([N+](=O)[O-])c1. The summed E-state index contributed by atoms with van der Waals surface area (Å²) in [5, 5.41) is 18.2. The lowest BCUT2D eigenvalue weighted by Gasteiger charge is -2.29. The molecule has 9 heteroatoms. The molecule has 1 N–H and O–H groups in total. The van der Waals surface area contributed by atoms with E-state index in [1.807, 2.05) is 6.92 Å². The molecule has 140 valence electrons. The fraction of sp³-hybridized carbons (Fsp3) is 0.278. The Morgan fingerprint density at radius 1 is 1.37 bits per heavy atom. The van der Waals surface area contributed by atoms with Gasteiger partial charge in [0.15, 0.2) is 11.6 Å². The first-order valence-corrected chi connectivity index (χ1v) is 8.69. The standard InChI is InChI=1S/C18H17ClN4O4/c1-9-15(11(3)24)17(12-5-4-6-13(7-12)23(25)26)16(10(2)20-9)18-21-14(8-19)22-27-18/h4-7,17,20H,8H2,1-3H3. The van der Waals surface area contributed by atoms with Crippen LogP contribution in [0.5, 0.6) is 0 Å². The van der Waals surface area contributed by atoms with Crippen molar-refractivity contribution in [1.82, 2.24) is 15.5 Å². The number of hydrogen-bond acceptors (Lipinski definition) is 7. The van der Waals surface area contributed by atoms with E-state index in [0.29, 0.717) is 28.2 Å². The number of nitrogens with one attached hydrogen (secondary N) is 1. The van der Waals surface area contributed by atoms with E-state index in [0.717, 1.165) is 5.70 Å². The maximum absolute atomic E-state index is 12.4. The molecule has 1 unspecified atom stereocenters. The molecule has 0 saturated carbocycles. The van der Waals surface area contributed by atoms with Crippen LogP contribution in [0.3, 0.4) is 0 Å². The molecular weight excluding hydrogens is 372 g/mol. The Morgan fingerprint density at radius 3 is 2.70 bits per heavy atom. The number of nitro groups is 1. The third-order valence-electron chi connectivity index (χ3n) is 4.37. The van der Waals surface area contributed by atoms with Crippen LogP contribution in [0.1, 0.15) is 44.0 Å². The molecule has 2 heterocycles. The first-order valence-electron chi connectivity index (χ1n) is 8.16. The molecule has 0 saturated heterocycles. The smallest absolute Gasteiger partial charge is 0.269 e. The van der Waals surface area contributed by atoms with E-state index in [4.69, 9.17) is 16.1 Å². The highest BCUT2D eigenvalue weighted by Crippen LogP contribution is 2.43. The summed E-state index contributed by atoms with van der Waals surface area (Å²) in [6.45, 7) is 5.07. The van der Waals surface area contributed by atoms with Crippen LogP contribution < -0.4 is 5.32 Å². The van der Waals surface area contributed by atoms with E-state index < -0.39 is 10.8 Å². The van der Waals surface area contributed by atoms with Crippen molar-refractivity contribution in [3.05, 3.63) is 68.6 Å². The van der Waals surface area contributed by atoms with Crippen LogP contribution >= 0.6 is 11.6 Å². The molecule has 8 nitrogen and oxygen atoms in total. The zero-order valence-electron chi connectivity index (χ0n) is 14.9. The number of benzene rings is 1. The summed E-state index contributed by atoms with van der Waals surface area (Å²) in [7, 11) is 0. The number of carbonyl (C=O) groups is 1. The zero-order valence-corrected chi connectivity index (χ0v) is 15.7. The van der Waals surface area contributed by atoms with Crippen molar-refractivity contribution in [3.63, 3.8) is 0 Å². The number of ketones is 1. The minimum absolute atomic E-state index is 0.0597. The number of rotatable bonds is 5.